The van der Waals surface area contributed by atoms with Crippen molar-refractivity contribution in [2.45, 2.75) is 11.8 Å². The van der Waals surface area contributed by atoms with E-state index in [1.165, 1.54) is 0 Å². The Morgan fingerprint density at radius 1 is 1.33 bits per heavy atom. The van der Waals surface area contributed by atoms with E-state index in [1.54, 1.807) is 11.8 Å². The Morgan fingerprint density at radius 3 is 2.81 bits per heavy atom. The number of thioether (sulfide) groups is 1. The van der Waals surface area contributed by atoms with Crippen LogP contribution in [0.4, 0.5) is 5.69 Å². The van der Waals surface area contributed by atoms with Gasteiger partial charge < -0.3 is 5.32 Å². The number of halogens is 1. The van der Waals surface area contributed by atoms with Gasteiger partial charge in [-0.25, -0.2) is 0 Å². The summed E-state index contributed by atoms with van der Waals surface area (Å²) in [5, 5.41) is 2.97. The minimum absolute atomic E-state index is 0.0998. The van der Waals surface area contributed by atoms with Gasteiger partial charge >= 0.3 is 0 Å². The first-order chi connectivity index (χ1) is 10.1. The average Bonchev–Trinajstić information content (AvgIpc) is 2.49. The van der Waals surface area contributed by atoms with Crippen molar-refractivity contribution in [3.63, 3.8) is 0 Å². The fraction of sp³-hybridized carbons (Fsp3) is 0.118. The SMILES string of the molecule is C=CCSc1ccccc1NC(=O)c1ccc(Br)c(C)c1. The second-order valence-electron chi connectivity index (χ2n) is 4.51. The van der Waals surface area contributed by atoms with Gasteiger partial charge in [-0.15, -0.1) is 18.3 Å². The lowest BCUT2D eigenvalue weighted by molar-refractivity contribution is 0.102. The first kappa shape index (κ1) is 15.9. The van der Waals surface area contributed by atoms with Crippen molar-refractivity contribution in [2.75, 3.05) is 11.1 Å². The maximum atomic E-state index is 12.3. The Labute approximate surface area is 137 Å². The summed E-state index contributed by atoms with van der Waals surface area (Å²) >= 11 is 5.09. The number of hydrogen-bond acceptors (Lipinski definition) is 2. The lowest BCUT2D eigenvalue weighted by atomic mass is 10.1. The number of para-hydroxylation sites is 1. The van der Waals surface area contributed by atoms with Crippen molar-refractivity contribution < 1.29 is 4.79 Å². The molecule has 0 heterocycles. The van der Waals surface area contributed by atoms with Gasteiger partial charge in [0.2, 0.25) is 0 Å². The van der Waals surface area contributed by atoms with Crippen LogP contribution in [0.5, 0.6) is 0 Å². The third-order valence-corrected chi connectivity index (χ3v) is 4.87. The zero-order valence-corrected chi connectivity index (χ0v) is 14.1. The molecule has 1 amide bonds. The van der Waals surface area contributed by atoms with Gasteiger partial charge in [0, 0.05) is 20.7 Å². The molecular weight excluding hydrogens is 346 g/mol. The molecule has 0 aliphatic rings. The van der Waals surface area contributed by atoms with Gasteiger partial charge in [0.05, 0.1) is 5.69 Å². The lowest BCUT2D eigenvalue weighted by Gasteiger charge is -2.10. The fourth-order valence-corrected chi connectivity index (χ4v) is 2.82. The number of anilines is 1. The van der Waals surface area contributed by atoms with E-state index in [1.807, 2.05) is 55.5 Å². The standard InChI is InChI=1S/C17H16BrNOS/c1-3-10-21-16-7-5-4-6-15(16)19-17(20)13-8-9-14(18)12(2)11-13/h3-9,11H,1,10H2,2H3,(H,19,20). The van der Waals surface area contributed by atoms with Crippen molar-refractivity contribution >= 4 is 39.3 Å². The molecule has 2 aromatic carbocycles. The molecule has 0 saturated heterocycles. The third-order valence-electron chi connectivity index (χ3n) is 2.91. The van der Waals surface area contributed by atoms with Crippen molar-refractivity contribution in [3.05, 3.63) is 70.7 Å². The molecule has 0 aliphatic carbocycles. The summed E-state index contributed by atoms with van der Waals surface area (Å²) < 4.78 is 1.00. The minimum Gasteiger partial charge on any atom is -0.321 e. The Morgan fingerprint density at radius 2 is 2.10 bits per heavy atom. The van der Waals surface area contributed by atoms with Crippen LogP contribution in [0, 0.1) is 6.92 Å². The summed E-state index contributed by atoms with van der Waals surface area (Å²) in [5.41, 5.74) is 2.52. The molecule has 0 bridgehead atoms. The van der Waals surface area contributed by atoms with Crippen molar-refractivity contribution in [1.29, 1.82) is 0 Å². The van der Waals surface area contributed by atoms with E-state index in [4.69, 9.17) is 0 Å². The summed E-state index contributed by atoms with van der Waals surface area (Å²) in [6.07, 6.45) is 1.85. The van der Waals surface area contributed by atoms with Gasteiger partial charge in [-0.05, 0) is 42.8 Å². The summed E-state index contributed by atoms with van der Waals surface area (Å²) in [6.45, 7) is 5.69. The number of benzene rings is 2. The molecule has 1 N–H and O–H groups in total. The number of carbonyl (C=O) groups is 1. The van der Waals surface area contributed by atoms with E-state index in [2.05, 4.69) is 27.8 Å². The highest BCUT2D eigenvalue weighted by molar-refractivity contribution is 9.10. The highest BCUT2D eigenvalue weighted by Gasteiger charge is 2.10. The van der Waals surface area contributed by atoms with Crippen LogP contribution in [-0.2, 0) is 0 Å². The van der Waals surface area contributed by atoms with Gasteiger partial charge in [-0.1, -0.05) is 34.1 Å². The molecule has 0 spiro atoms. The van der Waals surface area contributed by atoms with E-state index in [0.717, 1.165) is 26.4 Å². The third kappa shape index (κ3) is 4.22. The quantitative estimate of drug-likeness (QED) is 0.579. The Balaban J connectivity index is 2.19. The predicted octanol–water partition coefficient (Wildman–Crippen LogP) is 5.29. The summed E-state index contributed by atoms with van der Waals surface area (Å²) in [7, 11) is 0. The molecular formula is C17H16BrNOS. The number of nitrogens with one attached hydrogen (secondary N) is 1. The largest absolute Gasteiger partial charge is 0.321 e. The van der Waals surface area contributed by atoms with Gasteiger partial charge in [0.15, 0.2) is 0 Å². The predicted molar refractivity (Wildman–Crippen MR) is 94.2 cm³/mol. The van der Waals surface area contributed by atoms with Gasteiger partial charge in [0.25, 0.3) is 5.91 Å². The van der Waals surface area contributed by atoms with Crippen LogP contribution in [0.3, 0.4) is 0 Å². The zero-order valence-electron chi connectivity index (χ0n) is 11.7. The fourth-order valence-electron chi connectivity index (χ4n) is 1.82. The maximum absolute atomic E-state index is 12.3. The highest BCUT2D eigenvalue weighted by atomic mass is 79.9. The molecule has 21 heavy (non-hydrogen) atoms. The van der Waals surface area contributed by atoms with Gasteiger partial charge in [0.1, 0.15) is 0 Å². The molecule has 0 radical (unpaired) electrons. The first-order valence-electron chi connectivity index (χ1n) is 6.52. The van der Waals surface area contributed by atoms with Crippen LogP contribution in [-0.4, -0.2) is 11.7 Å². The van der Waals surface area contributed by atoms with Crippen LogP contribution in [0.15, 0.2) is 64.5 Å². The van der Waals surface area contributed by atoms with Crippen molar-refractivity contribution in [2.24, 2.45) is 0 Å². The van der Waals surface area contributed by atoms with E-state index in [9.17, 15) is 4.79 Å². The number of amides is 1. The van der Waals surface area contributed by atoms with Crippen LogP contribution >= 0.6 is 27.7 Å². The molecule has 0 fully saturated rings. The molecule has 0 aliphatic heterocycles. The van der Waals surface area contributed by atoms with E-state index in [-0.39, 0.29) is 5.91 Å². The molecule has 4 heteroatoms. The number of aryl methyl sites for hydroxylation is 1. The summed E-state index contributed by atoms with van der Waals surface area (Å²) in [5.74, 6) is 0.710. The number of hydrogen-bond donors (Lipinski definition) is 1. The van der Waals surface area contributed by atoms with Crippen molar-refractivity contribution in [1.82, 2.24) is 0 Å². The summed E-state index contributed by atoms with van der Waals surface area (Å²) in [4.78, 5) is 13.4. The molecule has 108 valence electrons. The number of rotatable bonds is 5. The van der Waals surface area contributed by atoms with E-state index >= 15 is 0 Å². The molecule has 0 atom stereocenters. The molecule has 2 aromatic rings. The van der Waals surface area contributed by atoms with Crippen LogP contribution in [0.1, 0.15) is 15.9 Å². The highest BCUT2D eigenvalue weighted by Crippen LogP contribution is 2.27. The molecule has 0 aromatic heterocycles. The van der Waals surface area contributed by atoms with E-state index < -0.39 is 0 Å². The molecule has 0 saturated carbocycles. The Hall–Kier alpha value is -1.52. The smallest absolute Gasteiger partial charge is 0.255 e. The van der Waals surface area contributed by atoms with Crippen LogP contribution < -0.4 is 5.32 Å². The molecule has 2 rings (SSSR count). The second-order valence-corrected chi connectivity index (χ2v) is 6.43. The van der Waals surface area contributed by atoms with Crippen LogP contribution in [0.2, 0.25) is 0 Å². The van der Waals surface area contributed by atoms with Gasteiger partial charge in [-0.3, -0.25) is 4.79 Å². The second kappa shape index (κ2) is 7.48. The zero-order chi connectivity index (χ0) is 15.2. The van der Waals surface area contributed by atoms with E-state index in [0.29, 0.717) is 5.56 Å². The molecule has 2 nitrogen and oxygen atoms in total. The van der Waals surface area contributed by atoms with Gasteiger partial charge in [-0.2, -0.15) is 0 Å². The van der Waals surface area contributed by atoms with Crippen LogP contribution in [0.25, 0.3) is 0 Å². The average molecular weight is 362 g/mol. The summed E-state index contributed by atoms with van der Waals surface area (Å²) in [6, 6.07) is 13.4. The normalized spacial score (nSPS) is 10.2. The maximum Gasteiger partial charge on any atom is 0.255 e. The first-order valence-corrected chi connectivity index (χ1v) is 8.30. The topological polar surface area (TPSA) is 29.1 Å². The van der Waals surface area contributed by atoms with Crippen molar-refractivity contribution in [3.8, 4) is 0 Å². The number of carbonyl (C=O) groups excluding carboxylic acids is 1. The Bertz CT molecular complexity index is 670. The monoisotopic (exact) mass is 361 g/mol. The minimum atomic E-state index is -0.0998. The molecule has 0 unspecified atom stereocenters. The Kier molecular flexibility index (Phi) is 5.65. The lowest BCUT2D eigenvalue weighted by Crippen LogP contribution is -2.12.